The van der Waals surface area contributed by atoms with Gasteiger partial charge in [-0.2, -0.15) is 0 Å². The first-order chi connectivity index (χ1) is 12.5. The van der Waals surface area contributed by atoms with Crippen LogP contribution in [0.15, 0.2) is 4.99 Å². The number of rotatable bonds is 12. The van der Waals surface area contributed by atoms with Crippen LogP contribution in [0.1, 0.15) is 53.9 Å². The van der Waals surface area contributed by atoms with Crippen LogP contribution in [0.3, 0.4) is 0 Å². The number of nitrogens with one attached hydrogen (secondary N) is 2. The van der Waals surface area contributed by atoms with E-state index in [9.17, 15) is 0 Å². The third kappa shape index (κ3) is 10.9. The molecular formula is C20H44IN5O. The zero-order valence-corrected chi connectivity index (χ0v) is 20.8. The highest BCUT2D eigenvalue weighted by atomic mass is 127. The van der Waals surface area contributed by atoms with Crippen LogP contribution in [0, 0.1) is 0 Å². The molecule has 0 aromatic heterocycles. The molecule has 2 N–H and O–H groups in total. The van der Waals surface area contributed by atoms with Crippen molar-refractivity contribution in [3.8, 4) is 0 Å². The summed E-state index contributed by atoms with van der Waals surface area (Å²) in [5.74, 6) is 0.951. The van der Waals surface area contributed by atoms with E-state index in [1.807, 2.05) is 0 Å². The van der Waals surface area contributed by atoms with Crippen molar-refractivity contribution in [2.24, 2.45) is 4.99 Å². The average molecular weight is 498 g/mol. The van der Waals surface area contributed by atoms with E-state index in [1.165, 1.54) is 19.4 Å². The Hall–Kier alpha value is -0.120. The molecule has 0 aliphatic carbocycles. The largest absolute Gasteiger partial charge is 0.383 e. The molecule has 27 heavy (non-hydrogen) atoms. The summed E-state index contributed by atoms with van der Waals surface area (Å²) in [4.78, 5) is 9.89. The third-order valence-corrected chi connectivity index (χ3v) is 5.10. The SMILES string of the molecule is CCNC(=NCC1CCCN1CCOC)NCCCN(C(C)C)C(C)C.I. The molecule has 1 aliphatic rings. The average Bonchev–Trinajstić information content (AvgIpc) is 3.04. The summed E-state index contributed by atoms with van der Waals surface area (Å²) in [6.07, 6.45) is 3.64. The van der Waals surface area contributed by atoms with Gasteiger partial charge in [-0.05, 0) is 60.4 Å². The lowest BCUT2D eigenvalue weighted by Gasteiger charge is -2.30. The van der Waals surface area contributed by atoms with Crippen LogP contribution in [0.2, 0.25) is 0 Å². The van der Waals surface area contributed by atoms with Gasteiger partial charge in [-0.15, -0.1) is 24.0 Å². The van der Waals surface area contributed by atoms with Gasteiger partial charge in [0, 0.05) is 51.4 Å². The number of hydrogen-bond acceptors (Lipinski definition) is 4. The van der Waals surface area contributed by atoms with E-state index in [4.69, 9.17) is 9.73 Å². The summed E-state index contributed by atoms with van der Waals surface area (Å²) in [7, 11) is 1.77. The van der Waals surface area contributed by atoms with Crippen LogP contribution < -0.4 is 10.6 Å². The minimum atomic E-state index is 0. The van der Waals surface area contributed by atoms with Crippen LogP contribution in [-0.2, 0) is 4.74 Å². The minimum Gasteiger partial charge on any atom is -0.383 e. The first-order valence-corrected chi connectivity index (χ1v) is 10.5. The molecule has 1 atom stereocenters. The van der Waals surface area contributed by atoms with E-state index >= 15 is 0 Å². The highest BCUT2D eigenvalue weighted by Crippen LogP contribution is 2.16. The topological polar surface area (TPSA) is 52.1 Å². The van der Waals surface area contributed by atoms with Gasteiger partial charge in [0.1, 0.15) is 0 Å². The summed E-state index contributed by atoms with van der Waals surface area (Å²) < 4.78 is 5.23. The number of likely N-dealkylation sites (tertiary alicyclic amines) is 1. The first kappa shape index (κ1) is 26.9. The molecule has 0 radical (unpaired) electrons. The van der Waals surface area contributed by atoms with Crippen molar-refractivity contribution in [3.05, 3.63) is 0 Å². The van der Waals surface area contributed by atoms with Crippen LogP contribution in [0.4, 0.5) is 0 Å². The van der Waals surface area contributed by atoms with Gasteiger partial charge in [0.05, 0.1) is 13.2 Å². The molecule has 6 nitrogen and oxygen atoms in total. The first-order valence-electron chi connectivity index (χ1n) is 10.5. The van der Waals surface area contributed by atoms with E-state index in [2.05, 4.69) is 55.1 Å². The molecule has 0 saturated carbocycles. The molecule has 0 aromatic rings. The fraction of sp³-hybridized carbons (Fsp3) is 0.950. The maximum absolute atomic E-state index is 5.23. The number of guanidine groups is 1. The van der Waals surface area contributed by atoms with Gasteiger partial charge in [0.15, 0.2) is 5.96 Å². The molecule has 0 amide bonds. The lowest BCUT2D eigenvalue weighted by Crippen LogP contribution is -2.42. The van der Waals surface area contributed by atoms with Gasteiger partial charge in [-0.3, -0.25) is 14.8 Å². The van der Waals surface area contributed by atoms with E-state index < -0.39 is 0 Å². The lowest BCUT2D eigenvalue weighted by molar-refractivity contribution is 0.142. The predicted octanol–water partition coefficient (Wildman–Crippen LogP) is 2.78. The molecule has 1 aliphatic heterocycles. The van der Waals surface area contributed by atoms with Gasteiger partial charge >= 0.3 is 0 Å². The van der Waals surface area contributed by atoms with E-state index in [0.717, 1.165) is 51.7 Å². The van der Waals surface area contributed by atoms with E-state index in [0.29, 0.717) is 18.1 Å². The highest BCUT2D eigenvalue weighted by molar-refractivity contribution is 14.0. The highest BCUT2D eigenvalue weighted by Gasteiger charge is 2.23. The molecule has 1 saturated heterocycles. The molecular weight excluding hydrogens is 453 g/mol. The zero-order chi connectivity index (χ0) is 19.4. The monoisotopic (exact) mass is 497 g/mol. The Morgan fingerprint density at radius 2 is 1.93 bits per heavy atom. The van der Waals surface area contributed by atoms with Crippen molar-refractivity contribution in [2.45, 2.75) is 72.0 Å². The van der Waals surface area contributed by atoms with Crippen LogP contribution >= 0.6 is 24.0 Å². The van der Waals surface area contributed by atoms with Crippen molar-refractivity contribution < 1.29 is 4.74 Å². The number of nitrogens with zero attached hydrogens (tertiary/aromatic N) is 3. The summed E-state index contributed by atoms with van der Waals surface area (Å²) in [6, 6.07) is 1.74. The maximum Gasteiger partial charge on any atom is 0.191 e. The maximum atomic E-state index is 5.23. The number of methoxy groups -OCH3 is 1. The molecule has 0 spiro atoms. The van der Waals surface area contributed by atoms with Crippen LogP contribution in [0.25, 0.3) is 0 Å². The number of halogens is 1. The van der Waals surface area contributed by atoms with Gasteiger partial charge in [0.25, 0.3) is 0 Å². The second-order valence-electron chi connectivity index (χ2n) is 7.75. The van der Waals surface area contributed by atoms with Gasteiger partial charge in [0.2, 0.25) is 0 Å². The molecule has 162 valence electrons. The predicted molar refractivity (Wildman–Crippen MR) is 127 cm³/mol. The van der Waals surface area contributed by atoms with Crippen LogP contribution in [0.5, 0.6) is 0 Å². The number of hydrogen-bond donors (Lipinski definition) is 2. The Bertz CT molecular complexity index is 385. The van der Waals surface area contributed by atoms with Crippen molar-refractivity contribution in [2.75, 3.05) is 53.0 Å². The van der Waals surface area contributed by atoms with Crippen molar-refractivity contribution in [3.63, 3.8) is 0 Å². The molecule has 0 aromatic carbocycles. The molecule has 1 unspecified atom stereocenters. The molecule has 1 heterocycles. The Balaban J connectivity index is 0.00000676. The minimum absolute atomic E-state index is 0. The Morgan fingerprint density at radius 1 is 1.22 bits per heavy atom. The Labute approximate surface area is 184 Å². The van der Waals surface area contributed by atoms with Gasteiger partial charge in [-0.1, -0.05) is 0 Å². The quantitative estimate of drug-likeness (QED) is 0.188. The Morgan fingerprint density at radius 3 is 2.52 bits per heavy atom. The normalized spacial score (nSPS) is 18.4. The van der Waals surface area contributed by atoms with E-state index in [1.54, 1.807) is 7.11 Å². The summed E-state index contributed by atoms with van der Waals surface area (Å²) >= 11 is 0. The number of ether oxygens (including phenoxy) is 1. The smallest absolute Gasteiger partial charge is 0.191 e. The lowest BCUT2D eigenvalue weighted by atomic mass is 10.2. The third-order valence-electron chi connectivity index (χ3n) is 5.10. The van der Waals surface area contributed by atoms with Crippen LogP contribution in [-0.4, -0.2) is 86.9 Å². The summed E-state index contributed by atoms with van der Waals surface area (Å²) in [6.45, 7) is 18.1. The fourth-order valence-corrected chi connectivity index (χ4v) is 3.72. The van der Waals surface area contributed by atoms with Gasteiger partial charge < -0.3 is 15.4 Å². The number of aliphatic imine (C=N–C) groups is 1. The van der Waals surface area contributed by atoms with Crippen molar-refractivity contribution in [1.29, 1.82) is 0 Å². The molecule has 1 rings (SSSR count). The summed E-state index contributed by atoms with van der Waals surface area (Å²) in [5.41, 5.74) is 0. The zero-order valence-electron chi connectivity index (χ0n) is 18.5. The van der Waals surface area contributed by atoms with E-state index in [-0.39, 0.29) is 24.0 Å². The molecule has 7 heteroatoms. The van der Waals surface area contributed by atoms with Crippen molar-refractivity contribution in [1.82, 2.24) is 20.4 Å². The molecule has 0 bridgehead atoms. The fourth-order valence-electron chi connectivity index (χ4n) is 3.72. The standard InChI is InChI=1S/C20H43N5O.HI/c1-7-21-20(22-11-9-13-25(17(2)3)18(4)5)23-16-19-10-8-12-24(19)14-15-26-6;/h17-19H,7-16H2,1-6H3,(H2,21,22,23);1H. The Kier molecular flexibility index (Phi) is 15.7. The second kappa shape index (κ2) is 15.8. The van der Waals surface area contributed by atoms with Gasteiger partial charge in [-0.25, -0.2) is 0 Å². The second-order valence-corrected chi connectivity index (χ2v) is 7.75. The molecule has 1 fully saturated rings. The van der Waals surface area contributed by atoms with Crippen molar-refractivity contribution >= 4 is 29.9 Å². The summed E-state index contributed by atoms with van der Waals surface area (Å²) in [5, 5.41) is 6.89.